The quantitative estimate of drug-likeness (QED) is 0.650. The predicted octanol–water partition coefficient (Wildman–Crippen LogP) is 4.58. The molecule has 0 aliphatic heterocycles. The fraction of sp³-hybridized carbons (Fsp3) is 0.300. The van der Waals surface area contributed by atoms with E-state index in [4.69, 9.17) is 39.5 Å². The number of nitrogens with zero attached hydrogens (tertiary/aromatic N) is 1. The Morgan fingerprint density at radius 3 is 2.25 bits per heavy atom. The second-order valence-corrected chi connectivity index (χ2v) is 7.29. The summed E-state index contributed by atoms with van der Waals surface area (Å²) in [5.74, 6) is -0.144. The molecule has 2 rings (SSSR count). The van der Waals surface area contributed by atoms with E-state index in [0.29, 0.717) is 32.9 Å². The number of amides is 2. The lowest BCUT2D eigenvalue weighted by Crippen LogP contribution is -2.49. The second kappa shape index (κ2) is 10.6. The van der Waals surface area contributed by atoms with Gasteiger partial charge < -0.3 is 15.0 Å². The van der Waals surface area contributed by atoms with Crippen LogP contribution in [0.15, 0.2) is 42.5 Å². The van der Waals surface area contributed by atoms with Gasteiger partial charge in [-0.25, -0.2) is 0 Å². The molecular weight excluding hydrogens is 423 g/mol. The zero-order valence-electron chi connectivity index (χ0n) is 15.5. The van der Waals surface area contributed by atoms with Crippen molar-refractivity contribution < 1.29 is 14.3 Å². The molecule has 0 saturated carbocycles. The van der Waals surface area contributed by atoms with Crippen LogP contribution < -0.4 is 10.1 Å². The Hall–Kier alpha value is -1.95. The summed E-state index contributed by atoms with van der Waals surface area (Å²) in [6, 6.07) is 11.0. The van der Waals surface area contributed by atoms with E-state index in [1.807, 2.05) is 6.92 Å². The van der Waals surface area contributed by atoms with Crippen molar-refractivity contribution in [3.8, 4) is 5.75 Å². The molecule has 150 valence electrons. The number of hydrogen-bond donors (Lipinski definition) is 1. The van der Waals surface area contributed by atoms with E-state index in [9.17, 15) is 9.59 Å². The fourth-order valence-electron chi connectivity index (χ4n) is 2.52. The Morgan fingerprint density at radius 1 is 1.07 bits per heavy atom. The van der Waals surface area contributed by atoms with Crippen LogP contribution in [0.2, 0.25) is 15.1 Å². The molecule has 0 aliphatic carbocycles. The monoisotopic (exact) mass is 442 g/mol. The Labute approximate surface area is 179 Å². The van der Waals surface area contributed by atoms with Gasteiger partial charge in [-0.2, -0.15) is 0 Å². The number of ether oxygens (including phenoxy) is 1. The fourth-order valence-corrected chi connectivity index (χ4v) is 3.16. The van der Waals surface area contributed by atoms with Gasteiger partial charge in [0, 0.05) is 33.7 Å². The average molecular weight is 444 g/mol. The third-order valence-electron chi connectivity index (χ3n) is 4.08. The van der Waals surface area contributed by atoms with Gasteiger partial charge in [-0.3, -0.25) is 9.59 Å². The number of carbonyl (C=O) groups excluding carboxylic acids is 2. The van der Waals surface area contributed by atoms with Crippen molar-refractivity contribution >= 4 is 46.6 Å². The van der Waals surface area contributed by atoms with Crippen molar-refractivity contribution in [1.29, 1.82) is 0 Å². The molecular formula is C20H21Cl3N2O3. The summed E-state index contributed by atoms with van der Waals surface area (Å²) in [5.41, 5.74) is 0.571. The summed E-state index contributed by atoms with van der Waals surface area (Å²) in [6.45, 7) is 3.76. The van der Waals surface area contributed by atoms with Crippen molar-refractivity contribution in [3.05, 3.63) is 63.1 Å². The van der Waals surface area contributed by atoms with Gasteiger partial charge in [0.15, 0.2) is 6.61 Å². The van der Waals surface area contributed by atoms with Crippen molar-refractivity contribution in [2.75, 3.05) is 13.2 Å². The molecule has 0 unspecified atom stereocenters. The molecule has 28 heavy (non-hydrogen) atoms. The minimum Gasteiger partial charge on any atom is -0.484 e. The number of rotatable bonds is 8. The maximum absolute atomic E-state index is 12.9. The lowest BCUT2D eigenvalue weighted by atomic mass is 10.1. The first-order valence-corrected chi connectivity index (χ1v) is 9.85. The predicted molar refractivity (Wildman–Crippen MR) is 112 cm³/mol. The molecule has 8 heteroatoms. The molecule has 0 radical (unpaired) electrons. The number of likely N-dealkylation sites (N-methyl/N-ethyl adjacent to an activating group) is 1. The standard InChI is InChI=1S/C20H21Cl3N2O3/c1-3-24-20(27)13(2)25(11-16-17(22)5-4-6-18(16)23)19(26)12-28-15-9-7-14(21)8-10-15/h4-10,13H,3,11-12H2,1-2H3,(H,24,27)/t13-/m1/s1. The molecule has 0 fully saturated rings. The first-order valence-electron chi connectivity index (χ1n) is 8.72. The van der Waals surface area contributed by atoms with Gasteiger partial charge in [0.2, 0.25) is 5.91 Å². The molecule has 2 amide bonds. The highest BCUT2D eigenvalue weighted by molar-refractivity contribution is 6.36. The summed E-state index contributed by atoms with van der Waals surface area (Å²) >= 11 is 18.3. The summed E-state index contributed by atoms with van der Waals surface area (Å²) in [6.07, 6.45) is 0. The Morgan fingerprint density at radius 2 is 1.68 bits per heavy atom. The van der Waals surface area contributed by atoms with E-state index in [-0.39, 0.29) is 25.0 Å². The molecule has 0 heterocycles. The number of benzene rings is 2. The number of carbonyl (C=O) groups is 2. The molecule has 5 nitrogen and oxygen atoms in total. The highest BCUT2D eigenvalue weighted by atomic mass is 35.5. The molecule has 2 aromatic carbocycles. The highest BCUT2D eigenvalue weighted by Gasteiger charge is 2.27. The van der Waals surface area contributed by atoms with Crippen LogP contribution in [0.1, 0.15) is 19.4 Å². The average Bonchev–Trinajstić information content (AvgIpc) is 2.67. The summed E-state index contributed by atoms with van der Waals surface area (Å²) in [7, 11) is 0. The van der Waals surface area contributed by atoms with Crippen LogP contribution >= 0.6 is 34.8 Å². The van der Waals surface area contributed by atoms with Gasteiger partial charge in [0.25, 0.3) is 5.91 Å². The number of hydrogen-bond acceptors (Lipinski definition) is 3. The van der Waals surface area contributed by atoms with E-state index in [0.717, 1.165) is 0 Å². The van der Waals surface area contributed by atoms with Crippen LogP contribution in [0.25, 0.3) is 0 Å². The zero-order chi connectivity index (χ0) is 20.7. The van der Waals surface area contributed by atoms with Crippen molar-refractivity contribution in [1.82, 2.24) is 10.2 Å². The lowest BCUT2D eigenvalue weighted by Gasteiger charge is -2.29. The molecule has 0 bridgehead atoms. The van der Waals surface area contributed by atoms with Crippen molar-refractivity contribution in [2.24, 2.45) is 0 Å². The SMILES string of the molecule is CCNC(=O)[C@@H](C)N(Cc1c(Cl)cccc1Cl)C(=O)COc1ccc(Cl)cc1. The Balaban J connectivity index is 2.20. The summed E-state index contributed by atoms with van der Waals surface area (Å²) in [5, 5.41) is 4.14. The van der Waals surface area contributed by atoms with Gasteiger partial charge in [-0.05, 0) is 50.2 Å². The molecule has 2 aromatic rings. The Kier molecular flexibility index (Phi) is 8.42. The maximum atomic E-state index is 12.9. The van der Waals surface area contributed by atoms with Gasteiger partial charge >= 0.3 is 0 Å². The third-order valence-corrected chi connectivity index (χ3v) is 5.04. The molecule has 0 aromatic heterocycles. The van der Waals surface area contributed by atoms with E-state index < -0.39 is 6.04 Å². The van der Waals surface area contributed by atoms with Crippen LogP contribution in [0, 0.1) is 0 Å². The highest BCUT2D eigenvalue weighted by Crippen LogP contribution is 2.26. The van der Waals surface area contributed by atoms with Crippen LogP contribution in [0.5, 0.6) is 5.75 Å². The summed E-state index contributed by atoms with van der Waals surface area (Å²) in [4.78, 5) is 26.6. The van der Waals surface area contributed by atoms with E-state index in [1.165, 1.54) is 4.90 Å². The minimum atomic E-state index is -0.728. The summed E-state index contributed by atoms with van der Waals surface area (Å²) < 4.78 is 5.54. The smallest absolute Gasteiger partial charge is 0.261 e. The van der Waals surface area contributed by atoms with Gasteiger partial charge in [-0.1, -0.05) is 40.9 Å². The van der Waals surface area contributed by atoms with Crippen LogP contribution in [-0.4, -0.2) is 35.9 Å². The zero-order valence-corrected chi connectivity index (χ0v) is 17.8. The lowest BCUT2D eigenvalue weighted by molar-refractivity contribution is -0.142. The molecule has 0 spiro atoms. The molecule has 0 saturated heterocycles. The van der Waals surface area contributed by atoms with E-state index in [2.05, 4.69) is 5.32 Å². The minimum absolute atomic E-state index is 0.0830. The molecule has 1 N–H and O–H groups in total. The normalized spacial score (nSPS) is 11.6. The van der Waals surface area contributed by atoms with Crippen LogP contribution in [0.3, 0.4) is 0 Å². The van der Waals surface area contributed by atoms with Gasteiger partial charge in [0.1, 0.15) is 11.8 Å². The topological polar surface area (TPSA) is 58.6 Å². The first-order chi connectivity index (χ1) is 13.3. The van der Waals surface area contributed by atoms with Gasteiger partial charge in [-0.15, -0.1) is 0 Å². The maximum Gasteiger partial charge on any atom is 0.261 e. The van der Waals surface area contributed by atoms with Crippen LogP contribution in [0.4, 0.5) is 0 Å². The Bertz CT molecular complexity index is 808. The molecule has 1 atom stereocenters. The van der Waals surface area contributed by atoms with Crippen molar-refractivity contribution in [2.45, 2.75) is 26.4 Å². The largest absolute Gasteiger partial charge is 0.484 e. The first kappa shape index (κ1) is 22.3. The molecule has 0 aliphatic rings. The van der Waals surface area contributed by atoms with E-state index >= 15 is 0 Å². The number of nitrogens with one attached hydrogen (secondary N) is 1. The van der Waals surface area contributed by atoms with Gasteiger partial charge in [0.05, 0.1) is 0 Å². The van der Waals surface area contributed by atoms with Crippen LogP contribution in [-0.2, 0) is 16.1 Å². The second-order valence-electron chi connectivity index (χ2n) is 6.04. The third kappa shape index (κ3) is 6.03. The van der Waals surface area contributed by atoms with E-state index in [1.54, 1.807) is 49.4 Å². The number of halogens is 3. The van der Waals surface area contributed by atoms with Crippen molar-refractivity contribution in [3.63, 3.8) is 0 Å².